The van der Waals surface area contributed by atoms with E-state index in [0.29, 0.717) is 6.54 Å². The first-order valence-corrected chi connectivity index (χ1v) is 3.75. The first kappa shape index (κ1) is 8.70. The van der Waals surface area contributed by atoms with Gasteiger partial charge in [0.25, 0.3) is 5.91 Å². The molecule has 0 saturated carbocycles. The lowest BCUT2D eigenvalue weighted by Gasteiger charge is -2.10. The first-order chi connectivity index (χ1) is 5.66. The van der Waals surface area contributed by atoms with Gasteiger partial charge in [0.1, 0.15) is 0 Å². The van der Waals surface area contributed by atoms with Gasteiger partial charge >= 0.3 is 5.97 Å². The Labute approximate surface area is 69.7 Å². The van der Waals surface area contributed by atoms with Gasteiger partial charge in [-0.1, -0.05) is 6.92 Å². The molecule has 0 fully saturated rings. The van der Waals surface area contributed by atoms with Crippen molar-refractivity contribution in [2.45, 2.75) is 13.3 Å². The fourth-order valence-corrected chi connectivity index (χ4v) is 0.977. The number of carbonyl (C=O) groups excluding carboxylic acids is 1. The fraction of sp³-hybridized carbons (Fsp3) is 0.571. The van der Waals surface area contributed by atoms with Crippen LogP contribution in [0, 0.1) is 5.92 Å². The second kappa shape index (κ2) is 3.34. The van der Waals surface area contributed by atoms with Gasteiger partial charge in [-0.2, -0.15) is 5.10 Å². The highest BCUT2D eigenvalue weighted by atomic mass is 16.4. The van der Waals surface area contributed by atoms with E-state index in [1.807, 2.05) is 6.92 Å². The molecule has 1 rings (SSSR count). The van der Waals surface area contributed by atoms with Crippen LogP contribution >= 0.6 is 0 Å². The van der Waals surface area contributed by atoms with Gasteiger partial charge in [-0.15, -0.1) is 0 Å². The van der Waals surface area contributed by atoms with Crippen LogP contribution in [0.1, 0.15) is 13.3 Å². The van der Waals surface area contributed by atoms with Gasteiger partial charge in [0.15, 0.2) is 5.92 Å². The highest BCUT2D eigenvalue weighted by Crippen LogP contribution is 2.10. The number of hydrazone groups is 1. The number of amides is 1. The van der Waals surface area contributed by atoms with Crippen molar-refractivity contribution in [2.24, 2.45) is 11.0 Å². The number of carboxylic acids is 1. The van der Waals surface area contributed by atoms with E-state index >= 15 is 0 Å². The van der Waals surface area contributed by atoms with Gasteiger partial charge in [0.2, 0.25) is 0 Å². The molecule has 1 unspecified atom stereocenters. The minimum atomic E-state index is -1.14. The van der Waals surface area contributed by atoms with Crippen LogP contribution in [0.25, 0.3) is 0 Å². The zero-order valence-electron chi connectivity index (χ0n) is 6.73. The Morgan fingerprint density at radius 1 is 1.83 bits per heavy atom. The summed E-state index contributed by atoms with van der Waals surface area (Å²) in [6, 6.07) is 0. The number of carbonyl (C=O) groups is 2. The second-order valence-electron chi connectivity index (χ2n) is 2.54. The molecule has 1 amide bonds. The summed E-state index contributed by atoms with van der Waals surface area (Å²) < 4.78 is 0. The van der Waals surface area contributed by atoms with Crippen LogP contribution in [0.3, 0.4) is 0 Å². The fourth-order valence-electron chi connectivity index (χ4n) is 0.977. The zero-order valence-corrected chi connectivity index (χ0v) is 6.73. The number of carboxylic acid groups (broad SMARTS) is 1. The van der Waals surface area contributed by atoms with Crippen LogP contribution in [-0.4, -0.2) is 34.8 Å². The Kier molecular flexibility index (Phi) is 2.42. The molecule has 1 N–H and O–H groups in total. The summed E-state index contributed by atoms with van der Waals surface area (Å²) in [7, 11) is 0. The van der Waals surface area contributed by atoms with Crippen molar-refractivity contribution in [2.75, 3.05) is 6.54 Å². The molecule has 0 saturated heterocycles. The SMILES string of the molecule is CCCN1N=CC(C(=O)O)C1=O. The molecular weight excluding hydrogens is 160 g/mol. The molecule has 12 heavy (non-hydrogen) atoms. The predicted octanol–water partition coefficient (Wildman–Crippen LogP) is -0.0748. The van der Waals surface area contributed by atoms with Crippen LogP contribution in [0.15, 0.2) is 5.10 Å². The number of hydrogen-bond donors (Lipinski definition) is 1. The minimum Gasteiger partial charge on any atom is -0.480 e. The van der Waals surface area contributed by atoms with E-state index in [1.165, 1.54) is 11.2 Å². The minimum absolute atomic E-state index is 0.440. The lowest BCUT2D eigenvalue weighted by molar-refractivity contribution is -0.146. The van der Waals surface area contributed by atoms with E-state index in [1.54, 1.807) is 0 Å². The largest absolute Gasteiger partial charge is 0.480 e. The van der Waals surface area contributed by atoms with Crippen molar-refractivity contribution in [1.29, 1.82) is 0 Å². The quantitative estimate of drug-likeness (QED) is 0.602. The van der Waals surface area contributed by atoms with E-state index in [4.69, 9.17) is 5.11 Å². The highest BCUT2D eigenvalue weighted by molar-refractivity contribution is 6.12. The number of hydrogen-bond acceptors (Lipinski definition) is 3. The van der Waals surface area contributed by atoms with Gasteiger partial charge in [-0.25, -0.2) is 5.01 Å². The highest BCUT2D eigenvalue weighted by Gasteiger charge is 2.33. The number of aliphatic carboxylic acids is 1. The maximum absolute atomic E-state index is 11.2. The number of nitrogens with zero attached hydrogens (tertiary/aromatic N) is 2. The lowest BCUT2D eigenvalue weighted by Crippen LogP contribution is -2.31. The summed E-state index contributed by atoms with van der Waals surface area (Å²) in [4.78, 5) is 21.6. The van der Waals surface area contributed by atoms with Crippen LogP contribution in [0.2, 0.25) is 0 Å². The molecule has 1 atom stereocenters. The molecular formula is C7H10N2O3. The van der Waals surface area contributed by atoms with Crippen molar-refractivity contribution < 1.29 is 14.7 Å². The van der Waals surface area contributed by atoms with E-state index < -0.39 is 17.8 Å². The molecule has 0 bridgehead atoms. The molecule has 1 aliphatic heterocycles. The van der Waals surface area contributed by atoms with Crippen molar-refractivity contribution in [3.05, 3.63) is 0 Å². The van der Waals surface area contributed by atoms with Crippen molar-refractivity contribution in [3.63, 3.8) is 0 Å². The summed E-state index contributed by atoms with van der Waals surface area (Å²) in [5.41, 5.74) is 0. The summed E-state index contributed by atoms with van der Waals surface area (Å²) in [6.45, 7) is 2.38. The molecule has 0 aromatic carbocycles. The Bertz CT molecular complexity index is 237. The van der Waals surface area contributed by atoms with Crippen LogP contribution in [0.4, 0.5) is 0 Å². The maximum atomic E-state index is 11.2. The van der Waals surface area contributed by atoms with Crippen molar-refractivity contribution >= 4 is 18.1 Å². The molecule has 0 spiro atoms. The average molecular weight is 170 g/mol. The molecule has 0 radical (unpaired) electrons. The van der Waals surface area contributed by atoms with Gasteiger partial charge in [-0.05, 0) is 6.42 Å². The van der Waals surface area contributed by atoms with E-state index in [-0.39, 0.29) is 0 Å². The van der Waals surface area contributed by atoms with E-state index in [9.17, 15) is 9.59 Å². The average Bonchev–Trinajstić information content (AvgIpc) is 2.34. The van der Waals surface area contributed by atoms with E-state index in [2.05, 4.69) is 5.10 Å². The van der Waals surface area contributed by atoms with E-state index in [0.717, 1.165) is 6.42 Å². The predicted molar refractivity (Wildman–Crippen MR) is 41.6 cm³/mol. The third-order valence-electron chi connectivity index (χ3n) is 1.58. The molecule has 0 aromatic heterocycles. The third kappa shape index (κ3) is 1.44. The summed E-state index contributed by atoms with van der Waals surface area (Å²) in [6.07, 6.45) is 1.94. The van der Waals surface area contributed by atoms with Gasteiger partial charge in [0, 0.05) is 12.8 Å². The molecule has 66 valence electrons. The van der Waals surface area contributed by atoms with Gasteiger partial charge in [-0.3, -0.25) is 9.59 Å². The molecule has 1 aliphatic rings. The Hall–Kier alpha value is -1.39. The maximum Gasteiger partial charge on any atom is 0.321 e. The normalized spacial score (nSPS) is 21.9. The third-order valence-corrected chi connectivity index (χ3v) is 1.58. The Morgan fingerprint density at radius 3 is 2.92 bits per heavy atom. The van der Waals surface area contributed by atoms with Crippen LogP contribution in [0.5, 0.6) is 0 Å². The molecule has 0 aliphatic carbocycles. The Balaban J connectivity index is 2.62. The topological polar surface area (TPSA) is 70.0 Å². The van der Waals surface area contributed by atoms with Crippen molar-refractivity contribution in [1.82, 2.24) is 5.01 Å². The molecule has 1 heterocycles. The summed E-state index contributed by atoms with van der Waals surface area (Å²) in [5, 5.41) is 13.4. The summed E-state index contributed by atoms with van der Waals surface area (Å²) in [5.74, 6) is -2.65. The standard InChI is InChI=1S/C7H10N2O3/c1-2-3-9-6(10)5(4-8-9)7(11)12/h4-5H,2-3H2,1H3,(H,11,12). The summed E-state index contributed by atoms with van der Waals surface area (Å²) >= 11 is 0. The van der Waals surface area contributed by atoms with Crippen molar-refractivity contribution in [3.8, 4) is 0 Å². The van der Waals surface area contributed by atoms with Gasteiger partial charge in [0.05, 0.1) is 0 Å². The molecule has 5 nitrogen and oxygen atoms in total. The van der Waals surface area contributed by atoms with Crippen LogP contribution < -0.4 is 0 Å². The van der Waals surface area contributed by atoms with Crippen LogP contribution in [-0.2, 0) is 9.59 Å². The second-order valence-corrected chi connectivity index (χ2v) is 2.54. The molecule has 5 heteroatoms. The molecule has 0 aromatic rings. The lowest BCUT2D eigenvalue weighted by atomic mass is 10.2. The smallest absolute Gasteiger partial charge is 0.321 e. The zero-order chi connectivity index (χ0) is 9.14. The Morgan fingerprint density at radius 2 is 2.50 bits per heavy atom. The monoisotopic (exact) mass is 170 g/mol. The first-order valence-electron chi connectivity index (χ1n) is 3.75. The number of rotatable bonds is 3. The van der Waals surface area contributed by atoms with Gasteiger partial charge < -0.3 is 5.11 Å².